The van der Waals surface area contributed by atoms with Gasteiger partial charge < -0.3 is 4.74 Å². The average molecular weight is 181 g/mol. The van der Waals surface area contributed by atoms with Crippen LogP contribution in [0.3, 0.4) is 0 Å². The Morgan fingerprint density at radius 3 is 2.92 bits per heavy atom. The molecule has 2 rings (SSSR count). The van der Waals surface area contributed by atoms with Gasteiger partial charge in [0, 0.05) is 6.20 Å². The van der Waals surface area contributed by atoms with Gasteiger partial charge in [-0.15, -0.1) is 0 Å². The van der Waals surface area contributed by atoms with E-state index in [9.17, 15) is 9.18 Å². The molecule has 1 heterocycles. The highest BCUT2D eigenvalue weighted by Crippen LogP contribution is 2.29. The van der Waals surface area contributed by atoms with Crippen LogP contribution in [-0.2, 0) is 0 Å². The molecule has 3 nitrogen and oxygen atoms in total. The molecular formula is C9H8FNO2. The number of aldehydes is 1. The van der Waals surface area contributed by atoms with E-state index in [-0.39, 0.29) is 17.4 Å². The predicted octanol–water partition coefficient (Wildman–Crippen LogP) is 1.57. The summed E-state index contributed by atoms with van der Waals surface area (Å²) in [5, 5.41) is 0. The van der Waals surface area contributed by atoms with Crippen LogP contribution >= 0.6 is 0 Å². The molecule has 0 bridgehead atoms. The van der Waals surface area contributed by atoms with E-state index in [1.807, 2.05) is 0 Å². The third-order valence-electron chi connectivity index (χ3n) is 1.82. The summed E-state index contributed by atoms with van der Waals surface area (Å²) in [5.41, 5.74) is 0.173. The molecule has 0 atom stereocenters. The van der Waals surface area contributed by atoms with Gasteiger partial charge in [-0.1, -0.05) is 0 Å². The number of ether oxygens (including phenoxy) is 1. The van der Waals surface area contributed by atoms with Crippen molar-refractivity contribution < 1.29 is 13.9 Å². The van der Waals surface area contributed by atoms with E-state index in [4.69, 9.17) is 4.74 Å². The first-order valence-corrected chi connectivity index (χ1v) is 4.06. The fourth-order valence-electron chi connectivity index (χ4n) is 0.999. The summed E-state index contributed by atoms with van der Waals surface area (Å²) < 4.78 is 18.3. The minimum Gasteiger partial charge on any atom is -0.486 e. The predicted molar refractivity (Wildman–Crippen MR) is 43.2 cm³/mol. The number of rotatable bonds is 3. The molecule has 1 aromatic rings. The highest BCUT2D eigenvalue weighted by atomic mass is 19.1. The fourth-order valence-corrected chi connectivity index (χ4v) is 0.999. The van der Waals surface area contributed by atoms with Crippen molar-refractivity contribution in [1.82, 2.24) is 4.98 Å². The van der Waals surface area contributed by atoms with Crippen molar-refractivity contribution in [2.45, 2.75) is 18.9 Å². The lowest BCUT2D eigenvalue weighted by atomic mass is 10.3. The molecule has 0 aliphatic heterocycles. The van der Waals surface area contributed by atoms with Gasteiger partial charge in [0.05, 0.1) is 17.9 Å². The second kappa shape index (κ2) is 3.12. The van der Waals surface area contributed by atoms with Crippen LogP contribution in [0.4, 0.5) is 4.39 Å². The molecule has 13 heavy (non-hydrogen) atoms. The van der Waals surface area contributed by atoms with E-state index in [0.29, 0.717) is 6.29 Å². The molecule has 1 aliphatic rings. The summed E-state index contributed by atoms with van der Waals surface area (Å²) in [4.78, 5) is 14.1. The Morgan fingerprint density at radius 2 is 2.31 bits per heavy atom. The van der Waals surface area contributed by atoms with Crippen molar-refractivity contribution in [2.75, 3.05) is 0 Å². The number of nitrogens with zero attached hydrogens (tertiary/aromatic N) is 1. The molecule has 4 heteroatoms. The number of pyridine rings is 1. The lowest BCUT2D eigenvalue weighted by Gasteiger charge is -2.06. The van der Waals surface area contributed by atoms with Crippen LogP contribution in [0, 0.1) is 5.82 Å². The molecule has 0 unspecified atom stereocenters. The Hall–Kier alpha value is -1.45. The highest BCUT2D eigenvalue weighted by Gasteiger charge is 2.26. The molecule has 1 fully saturated rings. The van der Waals surface area contributed by atoms with Gasteiger partial charge in [0.1, 0.15) is 0 Å². The highest BCUT2D eigenvalue weighted by molar-refractivity contribution is 5.78. The molecule has 68 valence electrons. The van der Waals surface area contributed by atoms with Gasteiger partial charge in [-0.2, -0.15) is 0 Å². The Labute approximate surface area is 74.5 Å². The van der Waals surface area contributed by atoms with Crippen molar-refractivity contribution in [3.8, 4) is 5.75 Å². The zero-order valence-electron chi connectivity index (χ0n) is 6.87. The van der Waals surface area contributed by atoms with Crippen LogP contribution in [0.5, 0.6) is 5.75 Å². The first-order valence-electron chi connectivity index (χ1n) is 4.06. The second-order valence-corrected chi connectivity index (χ2v) is 2.97. The average Bonchev–Trinajstić information content (AvgIpc) is 2.92. The van der Waals surface area contributed by atoms with Crippen molar-refractivity contribution in [3.63, 3.8) is 0 Å². The fraction of sp³-hybridized carbons (Fsp3) is 0.333. The Balaban J connectivity index is 2.32. The number of aromatic nitrogens is 1. The maximum atomic E-state index is 13.1. The third-order valence-corrected chi connectivity index (χ3v) is 1.82. The Bertz CT molecular complexity index is 336. The molecule has 1 saturated carbocycles. The molecule has 0 radical (unpaired) electrons. The van der Waals surface area contributed by atoms with Gasteiger partial charge in [0.25, 0.3) is 0 Å². The topological polar surface area (TPSA) is 39.2 Å². The van der Waals surface area contributed by atoms with Gasteiger partial charge in [0.15, 0.2) is 17.9 Å². The molecular weight excluding hydrogens is 173 g/mol. The van der Waals surface area contributed by atoms with Crippen LogP contribution in [0.25, 0.3) is 0 Å². The van der Waals surface area contributed by atoms with Crippen molar-refractivity contribution in [2.24, 2.45) is 0 Å². The van der Waals surface area contributed by atoms with E-state index >= 15 is 0 Å². The first kappa shape index (κ1) is 8.16. The van der Waals surface area contributed by atoms with Gasteiger partial charge in [-0.25, -0.2) is 4.39 Å². The van der Waals surface area contributed by atoms with Gasteiger partial charge >= 0.3 is 0 Å². The summed E-state index contributed by atoms with van der Waals surface area (Å²) in [7, 11) is 0. The van der Waals surface area contributed by atoms with E-state index in [1.165, 1.54) is 6.20 Å². The lowest BCUT2D eigenvalue weighted by Crippen LogP contribution is -2.02. The van der Waals surface area contributed by atoms with E-state index in [0.717, 1.165) is 19.0 Å². The molecule has 0 aromatic carbocycles. The smallest absolute Gasteiger partial charge is 0.184 e. The number of carbonyl (C=O) groups is 1. The first-order chi connectivity index (χ1) is 6.31. The number of hydrogen-bond acceptors (Lipinski definition) is 3. The standard InChI is InChI=1S/C9H8FNO2/c10-8-4-11-3-6(5-12)9(8)13-7-1-2-7/h3-5,7H,1-2H2. The van der Waals surface area contributed by atoms with Crippen LogP contribution in [0.2, 0.25) is 0 Å². The minimum atomic E-state index is -0.573. The zero-order valence-corrected chi connectivity index (χ0v) is 6.87. The number of carbonyl (C=O) groups excluding carboxylic acids is 1. The molecule has 0 saturated heterocycles. The van der Waals surface area contributed by atoms with E-state index in [1.54, 1.807) is 0 Å². The molecule has 0 amide bonds. The van der Waals surface area contributed by atoms with Gasteiger partial charge in [-0.05, 0) is 12.8 Å². The summed E-state index contributed by atoms with van der Waals surface area (Å²) in [6.45, 7) is 0. The summed E-state index contributed by atoms with van der Waals surface area (Å²) >= 11 is 0. The summed E-state index contributed by atoms with van der Waals surface area (Å²) in [6, 6.07) is 0. The quantitative estimate of drug-likeness (QED) is 0.664. The lowest BCUT2D eigenvalue weighted by molar-refractivity contribution is 0.111. The maximum Gasteiger partial charge on any atom is 0.184 e. The Kier molecular flexibility index (Phi) is 1.96. The van der Waals surface area contributed by atoms with Crippen LogP contribution in [-0.4, -0.2) is 17.4 Å². The third kappa shape index (κ3) is 1.66. The zero-order chi connectivity index (χ0) is 9.26. The van der Waals surface area contributed by atoms with E-state index in [2.05, 4.69) is 4.98 Å². The van der Waals surface area contributed by atoms with Gasteiger partial charge in [0.2, 0.25) is 0 Å². The monoisotopic (exact) mass is 181 g/mol. The normalized spacial score (nSPS) is 15.5. The molecule has 1 aromatic heterocycles. The van der Waals surface area contributed by atoms with Crippen molar-refractivity contribution in [1.29, 1.82) is 0 Å². The SMILES string of the molecule is O=Cc1cncc(F)c1OC1CC1. The minimum absolute atomic E-state index is 0.0347. The Morgan fingerprint density at radius 1 is 1.54 bits per heavy atom. The van der Waals surface area contributed by atoms with Crippen molar-refractivity contribution >= 4 is 6.29 Å². The van der Waals surface area contributed by atoms with Crippen LogP contribution < -0.4 is 4.74 Å². The van der Waals surface area contributed by atoms with Gasteiger partial charge in [-0.3, -0.25) is 9.78 Å². The van der Waals surface area contributed by atoms with Crippen LogP contribution in [0.15, 0.2) is 12.4 Å². The molecule has 0 spiro atoms. The van der Waals surface area contributed by atoms with Crippen LogP contribution in [0.1, 0.15) is 23.2 Å². The number of halogens is 1. The van der Waals surface area contributed by atoms with Crippen molar-refractivity contribution in [3.05, 3.63) is 23.8 Å². The maximum absolute atomic E-state index is 13.1. The number of hydrogen-bond donors (Lipinski definition) is 0. The largest absolute Gasteiger partial charge is 0.486 e. The second-order valence-electron chi connectivity index (χ2n) is 2.97. The summed E-state index contributed by atoms with van der Waals surface area (Å²) in [6.07, 6.45) is 4.84. The molecule has 0 N–H and O–H groups in total. The molecule has 1 aliphatic carbocycles. The summed E-state index contributed by atoms with van der Waals surface area (Å²) in [5.74, 6) is -0.538. The van der Waals surface area contributed by atoms with E-state index < -0.39 is 5.82 Å².